The molecular weight excluding hydrogens is 303 g/mol. The monoisotopic (exact) mass is 312 g/mol. The fourth-order valence-electron chi connectivity index (χ4n) is 1.46. The van der Waals surface area contributed by atoms with Crippen molar-refractivity contribution in [1.29, 1.82) is 0 Å². The van der Waals surface area contributed by atoms with Crippen molar-refractivity contribution < 1.29 is 0 Å². The summed E-state index contributed by atoms with van der Waals surface area (Å²) in [5.74, 6) is 0. The molecule has 0 unspecified atom stereocenters. The summed E-state index contributed by atoms with van der Waals surface area (Å²) in [6.45, 7) is 1.95. The molecule has 1 N–H and O–H groups in total. The predicted molar refractivity (Wildman–Crippen MR) is 83.9 cm³/mol. The molecule has 2 nitrogen and oxygen atoms in total. The van der Waals surface area contributed by atoms with Gasteiger partial charge in [-0.05, 0) is 30.7 Å². The fraction of sp³-hybridized carbons (Fsp3) is 0.0714. The van der Waals surface area contributed by atoms with E-state index in [4.69, 9.17) is 34.8 Å². The Labute approximate surface area is 127 Å². The van der Waals surface area contributed by atoms with Gasteiger partial charge in [-0.15, -0.1) is 0 Å². The van der Waals surface area contributed by atoms with Crippen molar-refractivity contribution in [1.82, 2.24) is 0 Å². The van der Waals surface area contributed by atoms with Gasteiger partial charge in [0, 0.05) is 10.6 Å². The van der Waals surface area contributed by atoms with Gasteiger partial charge in [-0.3, -0.25) is 5.43 Å². The van der Waals surface area contributed by atoms with Crippen LogP contribution in [0.15, 0.2) is 41.5 Å². The van der Waals surface area contributed by atoms with Crippen LogP contribution in [0.3, 0.4) is 0 Å². The summed E-state index contributed by atoms with van der Waals surface area (Å²) in [5.41, 5.74) is 5.47. The van der Waals surface area contributed by atoms with Gasteiger partial charge >= 0.3 is 0 Å². The number of halogens is 3. The quantitative estimate of drug-likeness (QED) is 0.595. The Hall–Kier alpha value is -1.22. The number of hydrogen-bond donors (Lipinski definition) is 1. The molecule has 5 heteroatoms. The molecule has 98 valence electrons. The summed E-state index contributed by atoms with van der Waals surface area (Å²) >= 11 is 18.0. The molecule has 0 aliphatic rings. The first kappa shape index (κ1) is 14.2. The van der Waals surface area contributed by atoms with Crippen LogP contribution in [0.25, 0.3) is 0 Å². The minimum absolute atomic E-state index is 0.483. The van der Waals surface area contributed by atoms with Gasteiger partial charge in [-0.1, -0.05) is 53.0 Å². The molecule has 0 radical (unpaired) electrons. The van der Waals surface area contributed by atoms with Gasteiger partial charge < -0.3 is 0 Å². The van der Waals surface area contributed by atoms with Gasteiger partial charge in [0.2, 0.25) is 0 Å². The van der Waals surface area contributed by atoms with Crippen molar-refractivity contribution in [2.75, 3.05) is 5.43 Å². The lowest BCUT2D eigenvalue weighted by molar-refractivity contribution is 1.34. The SMILES string of the molecule is Cc1ccc(N/N=C/c2cccc(Cl)c2Cl)cc1Cl. The second kappa shape index (κ2) is 6.29. The van der Waals surface area contributed by atoms with Gasteiger partial charge in [-0.25, -0.2) is 0 Å². The summed E-state index contributed by atoms with van der Waals surface area (Å²) in [7, 11) is 0. The Kier molecular flexibility index (Phi) is 4.70. The van der Waals surface area contributed by atoms with Crippen LogP contribution in [0.4, 0.5) is 5.69 Å². The molecule has 0 saturated carbocycles. The lowest BCUT2D eigenvalue weighted by Crippen LogP contribution is -1.92. The van der Waals surface area contributed by atoms with Gasteiger partial charge in [0.1, 0.15) is 0 Å². The Balaban J connectivity index is 2.11. The Bertz CT molecular complexity index is 624. The topological polar surface area (TPSA) is 24.4 Å². The Morgan fingerprint density at radius 1 is 1.05 bits per heavy atom. The van der Waals surface area contributed by atoms with Gasteiger partial charge in [0.15, 0.2) is 0 Å². The van der Waals surface area contributed by atoms with Crippen molar-refractivity contribution in [3.63, 3.8) is 0 Å². The summed E-state index contributed by atoms with van der Waals surface area (Å²) in [4.78, 5) is 0. The molecule has 2 aromatic rings. The number of hydrazone groups is 1. The highest BCUT2D eigenvalue weighted by Crippen LogP contribution is 2.24. The highest BCUT2D eigenvalue weighted by Gasteiger charge is 2.01. The highest BCUT2D eigenvalue weighted by molar-refractivity contribution is 6.43. The van der Waals surface area contributed by atoms with Crippen molar-refractivity contribution in [2.24, 2.45) is 5.10 Å². The van der Waals surface area contributed by atoms with Gasteiger partial charge in [0.05, 0.1) is 21.9 Å². The third-order valence-corrected chi connectivity index (χ3v) is 3.79. The minimum atomic E-state index is 0.483. The van der Waals surface area contributed by atoms with Gasteiger partial charge in [0.25, 0.3) is 0 Å². The van der Waals surface area contributed by atoms with Crippen LogP contribution in [0.5, 0.6) is 0 Å². The number of benzene rings is 2. The lowest BCUT2D eigenvalue weighted by atomic mass is 10.2. The average Bonchev–Trinajstić information content (AvgIpc) is 2.39. The molecule has 0 saturated heterocycles. The second-order valence-electron chi connectivity index (χ2n) is 3.98. The predicted octanol–water partition coefficient (Wildman–Crippen LogP) is 5.40. The first-order valence-corrected chi connectivity index (χ1v) is 6.70. The first-order chi connectivity index (χ1) is 9.08. The molecule has 0 atom stereocenters. The Morgan fingerprint density at radius 2 is 1.84 bits per heavy atom. The largest absolute Gasteiger partial charge is 0.278 e. The van der Waals surface area contributed by atoms with E-state index in [1.54, 1.807) is 12.3 Å². The summed E-state index contributed by atoms with van der Waals surface area (Å²) in [5, 5.41) is 5.79. The zero-order valence-electron chi connectivity index (χ0n) is 10.1. The zero-order chi connectivity index (χ0) is 13.8. The molecule has 0 heterocycles. The summed E-state index contributed by atoms with van der Waals surface area (Å²) < 4.78 is 0. The highest BCUT2D eigenvalue weighted by atomic mass is 35.5. The molecule has 0 amide bonds. The second-order valence-corrected chi connectivity index (χ2v) is 5.17. The van der Waals surface area contributed by atoms with E-state index in [0.717, 1.165) is 16.8 Å². The molecule has 0 bridgehead atoms. The molecule has 0 aromatic heterocycles. The van der Waals surface area contributed by atoms with E-state index in [0.29, 0.717) is 15.1 Å². The molecule has 0 fully saturated rings. The number of anilines is 1. The van der Waals surface area contributed by atoms with Crippen LogP contribution in [-0.4, -0.2) is 6.21 Å². The van der Waals surface area contributed by atoms with E-state index < -0.39 is 0 Å². The van der Waals surface area contributed by atoms with Gasteiger partial charge in [-0.2, -0.15) is 5.10 Å². The molecule has 0 aliphatic heterocycles. The van der Waals surface area contributed by atoms with Crippen LogP contribution in [-0.2, 0) is 0 Å². The van der Waals surface area contributed by atoms with E-state index in [2.05, 4.69) is 10.5 Å². The van der Waals surface area contributed by atoms with Crippen LogP contribution in [0.1, 0.15) is 11.1 Å². The van der Waals surface area contributed by atoms with E-state index in [1.165, 1.54) is 0 Å². The van der Waals surface area contributed by atoms with E-state index in [1.807, 2.05) is 37.3 Å². The summed E-state index contributed by atoms with van der Waals surface area (Å²) in [6.07, 6.45) is 1.61. The minimum Gasteiger partial charge on any atom is -0.278 e. The van der Waals surface area contributed by atoms with Crippen molar-refractivity contribution in [3.05, 3.63) is 62.6 Å². The normalized spacial score (nSPS) is 10.9. The number of aryl methyl sites for hydroxylation is 1. The third-order valence-electron chi connectivity index (χ3n) is 2.55. The molecule has 0 aliphatic carbocycles. The fourth-order valence-corrected chi connectivity index (χ4v) is 2.00. The lowest BCUT2D eigenvalue weighted by Gasteiger charge is -2.03. The smallest absolute Gasteiger partial charge is 0.0680 e. The molecule has 0 spiro atoms. The van der Waals surface area contributed by atoms with Crippen LogP contribution < -0.4 is 5.43 Å². The summed E-state index contributed by atoms with van der Waals surface area (Å²) in [6, 6.07) is 11.0. The molecule has 2 aromatic carbocycles. The molecule has 19 heavy (non-hydrogen) atoms. The van der Waals surface area contributed by atoms with E-state index >= 15 is 0 Å². The average molecular weight is 314 g/mol. The van der Waals surface area contributed by atoms with Crippen molar-refractivity contribution in [3.8, 4) is 0 Å². The van der Waals surface area contributed by atoms with E-state index in [9.17, 15) is 0 Å². The first-order valence-electron chi connectivity index (χ1n) is 5.57. The number of nitrogens with zero attached hydrogens (tertiary/aromatic N) is 1. The third kappa shape index (κ3) is 3.63. The maximum Gasteiger partial charge on any atom is 0.0680 e. The zero-order valence-corrected chi connectivity index (χ0v) is 12.4. The Morgan fingerprint density at radius 3 is 2.58 bits per heavy atom. The maximum absolute atomic E-state index is 6.05. The van der Waals surface area contributed by atoms with E-state index in [-0.39, 0.29) is 0 Å². The number of nitrogens with one attached hydrogen (secondary N) is 1. The number of hydrogen-bond acceptors (Lipinski definition) is 2. The van der Waals surface area contributed by atoms with Crippen molar-refractivity contribution >= 4 is 46.7 Å². The maximum atomic E-state index is 6.05. The van der Waals surface area contributed by atoms with Crippen LogP contribution >= 0.6 is 34.8 Å². The van der Waals surface area contributed by atoms with Crippen molar-refractivity contribution in [2.45, 2.75) is 6.92 Å². The molecular formula is C14H11Cl3N2. The number of rotatable bonds is 3. The standard InChI is InChI=1S/C14H11Cl3N2/c1-9-5-6-11(7-13(9)16)19-18-8-10-3-2-4-12(15)14(10)17/h2-8,19H,1H3/b18-8+. The van der Waals surface area contributed by atoms with Crippen LogP contribution in [0.2, 0.25) is 15.1 Å². The molecule has 2 rings (SSSR count). The van der Waals surface area contributed by atoms with Crippen LogP contribution in [0, 0.1) is 6.92 Å².